The molecule has 0 spiro atoms. The Labute approximate surface area is 127 Å². The minimum Gasteiger partial charge on any atom is -0.480 e. The first kappa shape index (κ1) is 16.7. The largest absolute Gasteiger partial charge is 0.480 e. The zero-order valence-electron chi connectivity index (χ0n) is 12.9. The van der Waals surface area contributed by atoms with E-state index >= 15 is 0 Å². The van der Waals surface area contributed by atoms with Gasteiger partial charge < -0.3 is 5.11 Å². The second kappa shape index (κ2) is 6.62. The highest BCUT2D eigenvalue weighted by atomic mass is 32.2. The smallest absolute Gasteiger partial charge is 0.322 e. The van der Waals surface area contributed by atoms with Crippen LogP contribution < -0.4 is 0 Å². The predicted molar refractivity (Wildman–Crippen MR) is 80.0 cm³/mol. The molecule has 0 aromatic heterocycles. The third kappa shape index (κ3) is 3.10. The summed E-state index contributed by atoms with van der Waals surface area (Å²) in [6.07, 6.45) is 4.26. The fraction of sp³-hybridized carbons (Fsp3) is 0.929. The van der Waals surface area contributed by atoms with E-state index in [-0.39, 0.29) is 11.8 Å². The first-order valence-electron chi connectivity index (χ1n) is 7.93. The summed E-state index contributed by atoms with van der Waals surface area (Å²) in [7, 11) is -3.68. The van der Waals surface area contributed by atoms with Gasteiger partial charge in [0.2, 0.25) is 0 Å². The fourth-order valence-electron chi connectivity index (χ4n) is 3.80. The molecule has 3 atom stereocenters. The van der Waals surface area contributed by atoms with E-state index in [0.717, 1.165) is 32.1 Å². The van der Waals surface area contributed by atoms with Crippen molar-refractivity contribution < 1.29 is 18.3 Å². The van der Waals surface area contributed by atoms with Gasteiger partial charge in [0.15, 0.2) is 0 Å². The molecule has 2 rings (SSSR count). The minimum absolute atomic E-state index is 0.0117. The Balaban J connectivity index is 2.27. The zero-order valence-corrected chi connectivity index (χ0v) is 13.7. The molecular weight excluding hydrogens is 292 g/mol. The molecule has 1 saturated carbocycles. The fourth-order valence-corrected chi connectivity index (χ4v) is 5.84. The molecule has 2 aliphatic rings. The lowest BCUT2D eigenvalue weighted by molar-refractivity contribution is -0.142. The lowest BCUT2D eigenvalue weighted by atomic mass is 9.94. The van der Waals surface area contributed by atoms with E-state index in [1.165, 1.54) is 8.61 Å². The molecule has 122 valence electrons. The van der Waals surface area contributed by atoms with Gasteiger partial charge in [-0.25, -0.2) is 0 Å². The summed E-state index contributed by atoms with van der Waals surface area (Å²) in [6, 6.07) is -0.876. The highest BCUT2D eigenvalue weighted by Gasteiger charge is 2.53. The molecule has 1 heterocycles. The van der Waals surface area contributed by atoms with Crippen molar-refractivity contribution in [1.29, 1.82) is 0 Å². The first-order chi connectivity index (χ1) is 9.93. The molecule has 0 aromatic rings. The summed E-state index contributed by atoms with van der Waals surface area (Å²) >= 11 is 0. The Kier molecular flexibility index (Phi) is 5.27. The molecule has 6 nitrogen and oxygen atoms in total. The number of hydrogen-bond donors (Lipinski definition) is 1. The van der Waals surface area contributed by atoms with Gasteiger partial charge in [0, 0.05) is 19.6 Å². The third-order valence-corrected chi connectivity index (χ3v) is 6.66. The van der Waals surface area contributed by atoms with Gasteiger partial charge >= 0.3 is 5.97 Å². The number of nitrogens with zero attached hydrogens (tertiary/aromatic N) is 2. The van der Waals surface area contributed by atoms with Crippen LogP contribution in [0.5, 0.6) is 0 Å². The van der Waals surface area contributed by atoms with Crippen molar-refractivity contribution in [3.05, 3.63) is 0 Å². The number of carbonyl (C=O) groups is 1. The SMILES string of the molecule is CCCN(CCC)S(=O)(=O)N1CC2CCCC2C1C(=O)O. The van der Waals surface area contributed by atoms with Gasteiger partial charge in [-0.2, -0.15) is 17.0 Å². The first-order valence-corrected chi connectivity index (χ1v) is 9.32. The molecule has 0 aromatic carbocycles. The maximum atomic E-state index is 12.8. The summed E-state index contributed by atoms with van der Waals surface area (Å²) in [4.78, 5) is 11.6. The summed E-state index contributed by atoms with van der Waals surface area (Å²) in [5.74, 6) is -0.797. The predicted octanol–water partition coefficient (Wildman–Crippen LogP) is 1.54. The Hall–Kier alpha value is -0.660. The lowest BCUT2D eigenvalue weighted by Gasteiger charge is -2.30. The average Bonchev–Trinajstić information content (AvgIpc) is 2.97. The molecule has 1 aliphatic carbocycles. The van der Waals surface area contributed by atoms with Crippen LogP contribution in [0.4, 0.5) is 0 Å². The summed E-state index contributed by atoms with van der Waals surface area (Å²) in [5, 5.41) is 9.51. The van der Waals surface area contributed by atoms with Crippen molar-refractivity contribution in [2.45, 2.75) is 52.0 Å². The van der Waals surface area contributed by atoms with Crippen LogP contribution in [0.25, 0.3) is 0 Å². The van der Waals surface area contributed by atoms with Crippen LogP contribution in [0.2, 0.25) is 0 Å². The molecule has 3 unspecified atom stereocenters. The Morgan fingerprint density at radius 1 is 1.24 bits per heavy atom. The average molecular weight is 318 g/mol. The molecule has 1 saturated heterocycles. The lowest BCUT2D eigenvalue weighted by Crippen LogP contribution is -2.50. The molecule has 0 amide bonds. The van der Waals surface area contributed by atoms with Crippen molar-refractivity contribution in [3.8, 4) is 0 Å². The van der Waals surface area contributed by atoms with Crippen molar-refractivity contribution in [3.63, 3.8) is 0 Å². The van der Waals surface area contributed by atoms with E-state index in [1.807, 2.05) is 13.8 Å². The number of aliphatic carboxylic acids is 1. The Morgan fingerprint density at radius 2 is 1.86 bits per heavy atom. The monoisotopic (exact) mass is 318 g/mol. The van der Waals surface area contributed by atoms with Gasteiger partial charge in [-0.3, -0.25) is 4.79 Å². The number of rotatable bonds is 7. The van der Waals surface area contributed by atoms with Crippen LogP contribution in [0.3, 0.4) is 0 Å². The van der Waals surface area contributed by atoms with Crippen LogP contribution in [-0.2, 0) is 15.0 Å². The molecule has 2 fully saturated rings. The van der Waals surface area contributed by atoms with Crippen molar-refractivity contribution in [1.82, 2.24) is 8.61 Å². The highest BCUT2D eigenvalue weighted by molar-refractivity contribution is 7.86. The third-order valence-electron chi connectivity index (χ3n) is 4.67. The molecule has 0 bridgehead atoms. The van der Waals surface area contributed by atoms with Crippen LogP contribution in [-0.4, -0.2) is 53.8 Å². The number of hydrogen-bond acceptors (Lipinski definition) is 3. The molecular formula is C14H26N2O4S. The Morgan fingerprint density at radius 3 is 2.38 bits per heavy atom. The normalized spacial score (nSPS) is 30.0. The van der Waals surface area contributed by atoms with E-state index in [9.17, 15) is 18.3 Å². The zero-order chi connectivity index (χ0) is 15.6. The van der Waals surface area contributed by atoms with Gasteiger partial charge in [0.05, 0.1) is 0 Å². The van der Waals surface area contributed by atoms with Crippen LogP contribution in [0.1, 0.15) is 46.0 Å². The molecule has 0 radical (unpaired) electrons. The van der Waals surface area contributed by atoms with Crippen LogP contribution >= 0.6 is 0 Å². The van der Waals surface area contributed by atoms with Gasteiger partial charge in [0.1, 0.15) is 6.04 Å². The second-order valence-electron chi connectivity index (χ2n) is 6.11. The summed E-state index contributed by atoms with van der Waals surface area (Å²) < 4.78 is 28.4. The van der Waals surface area contributed by atoms with E-state index in [0.29, 0.717) is 19.6 Å². The topological polar surface area (TPSA) is 77.9 Å². The standard InChI is InChI=1S/C14H26N2O4S/c1-3-8-15(9-4-2)21(19,20)16-10-11-6-5-7-12(11)13(16)14(17)18/h11-13H,3-10H2,1-2H3,(H,17,18). The highest BCUT2D eigenvalue weighted by Crippen LogP contribution is 2.43. The Bertz CT molecular complexity index is 473. The van der Waals surface area contributed by atoms with E-state index in [2.05, 4.69) is 0 Å². The summed E-state index contributed by atoms with van der Waals surface area (Å²) in [5.41, 5.74) is 0. The molecule has 1 N–H and O–H groups in total. The molecule has 1 aliphatic heterocycles. The van der Waals surface area contributed by atoms with Crippen molar-refractivity contribution >= 4 is 16.2 Å². The second-order valence-corrected chi connectivity index (χ2v) is 8.00. The van der Waals surface area contributed by atoms with E-state index in [1.54, 1.807) is 0 Å². The van der Waals surface area contributed by atoms with Gasteiger partial charge in [-0.15, -0.1) is 0 Å². The minimum atomic E-state index is -3.68. The number of carboxylic acids is 1. The molecule has 21 heavy (non-hydrogen) atoms. The van der Waals surface area contributed by atoms with E-state index < -0.39 is 22.2 Å². The van der Waals surface area contributed by atoms with Crippen molar-refractivity contribution in [2.24, 2.45) is 11.8 Å². The van der Waals surface area contributed by atoms with Gasteiger partial charge in [0.25, 0.3) is 10.2 Å². The molecule has 7 heteroatoms. The maximum Gasteiger partial charge on any atom is 0.322 e. The van der Waals surface area contributed by atoms with E-state index in [4.69, 9.17) is 0 Å². The van der Waals surface area contributed by atoms with Crippen LogP contribution in [0.15, 0.2) is 0 Å². The van der Waals surface area contributed by atoms with Gasteiger partial charge in [-0.05, 0) is 37.5 Å². The number of fused-ring (bicyclic) bond motifs is 1. The van der Waals surface area contributed by atoms with Gasteiger partial charge in [-0.1, -0.05) is 20.3 Å². The quantitative estimate of drug-likeness (QED) is 0.772. The van der Waals surface area contributed by atoms with Crippen LogP contribution in [0, 0.1) is 11.8 Å². The maximum absolute atomic E-state index is 12.8. The van der Waals surface area contributed by atoms with Crippen molar-refractivity contribution in [2.75, 3.05) is 19.6 Å². The summed E-state index contributed by atoms with van der Waals surface area (Å²) in [6.45, 7) is 5.15. The number of carboxylic acid groups (broad SMARTS) is 1.